The number of thiazole rings is 1. The first-order chi connectivity index (χ1) is 12.8. The molecule has 0 atom stereocenters. The first kappa shape index (κ1) is 16.1. The van der Waals surface area contributed by atoms with Crippen LogP contribution in [0.3, 0.4) is 0 Å². The van der Waals surface area contributed by atoms with E-state index in [4.69, 9.17) is 6.57 Å². The van der Waals surface area contributed by atoms with E-state index in [1.165, 1.54) is 23.7 Å². The van der Waals surface area contributed by atoms with Crippen LogP contribution in [0.2, 0.25) is 0 Å². The number of imidazole rings is 1. The molecule has 128 valence electrons. The Morgan fingerprint density at radius 1 is 1.19 bits per heavy atom. The summed E-state index contributed by atoms with van der Waals surface area (Å²) in [4.78, 5) is 20.5. The molecule has 0 fully saturated rings. The van der Waals surface area contributed by atoms with Gasteiger partial charge in [0.05, 0.1) is 41.7 Å². The second-order valence-corrected chi connectivity index (χ2v) is 6.15. The molecule has 0 aliphatic rings. The number of nitrogens with zero attached hydrogens (tertiary/aromatic N) is 6. The number of anilines is 2. The summed E-state index contributed by atoms with van der Waals surface area (Å²) in [5.74, 6) is 0.397. The molecule has 0 amide bonds. The summed E-state index contributed by atoms with van der Waals surface area (Å²) in [6.45, 7) is 7.44. The Morgan fingerprint density at radius 3 is 2.73 bits per heavy atom. The van der Waals surface area contributed by atoms with Gasteiger partial charge >= 0.3 is 0 Å². The molecule has 0 bridgehead atoms. The molecule has 3 heterocycles. The number of rotatable bonds is 5. The molecule has 3 aromatic heterocycles. The van der Waals surface area contributed by atoms with Crippen LogP contribution in [0, 0.1) is 6.57 Å². The summed E-state index contributed by atoms with van der Waals surface area (Å²) in [5.41, 5.74) is 6.36. The van der Waals surface area contributed by atoms with Gasteiger partial charge in [-0.25, -0.2) is 24.8 Å². The number of nitrogens with one attached hydrogen (secondary N) is 1. The summed E-state index contributed by atoms with van der Waals surface area (Å²) in [6.07, 6.45) is 4.65. The predicted molar refractivity (Wildman–Crippen MR) is 99.5 cm³/mol. The molecule has 0 unspecified atom stereocenters. The van der Waals surface area contributed by atoms with E-state index in [1.807, 2.05) is 22.1 Å². The van der Waals surface area contributed by atoms with Crippen LogP contribution in [0.15, 0.2) is 41.7 Å². The van der Waals surface area contributed by atoms with Gasteiger partial charge in [-0.15, -0.1) is 11.3 Å². The lowest BCUT2D eigenvalue weighted by Gasteiger charge is -2.09. The van der Waals surface area contributed by atoms with Gasteiger partial charge in [-0.3, -0.25) is 0 Å². The van der Waals surface area contributed by atoms with E-state index >= 15 is 0 Å². The van der Waals surface area contributed by atoms with Crippen LogP contribution in [-0.2, 0) is 6.54 Å². The fourth-order valence-corrected chi connectivity index (χ4v) is 3.19. The number of hydrogen-bond donors (Lipinski definition) is 2. The predicted octanol–water partition coefficient (Wildman–Crippen LogP) is 3.24. The van der Waals surface area contributed by atoms with Crippen molar-refractivity contribution < 1.29 is 5.11 Å². The SMILES string of the molecule is [C-]#[N+]c1cnc(Nc2cc(-c3cscn3)c3ncn(CCO)c3c2)nc1. The van der Waals surface area contributed by atoms with Crippen molar-refractivity contribution in [2.45, 2.75) is 6.54 Å². The maximum atomic E-state index is 9.29. The number of fused-ring (bicyclic) bond motifs is 1. The Bertz CT molecular complexity index is 1080. The summed E-state index contributed by atoms with van der Waals surface area (Å²) in [5, 5.41) is 14.4. The van der Waals surface area contributed by atoms with Crippen molar-refractivity contribution >= 4 is 39.7 Å². The van der Waals surface area contributed by atoms with Crippen LogP contribution in [0.5, 0.6) is 0 Å². The molecular formula is C17H13N7OS. The summed E-state index contributed by atoms with van der Waals surface area (Å²) >= 11 is 1.52. The summed E-state index contributed by atoms with van der Waals surface area (Å²) in [6, 6.07) is 3.87. The minimum atomic E-state index is 0.0242. The highest BCUT2D eigenvalue weighted by Crippen LogP contribution is 2.32. The first-order valence-corrected chi connectivity index (χ1v) is 8.67. The normalized spacial score (nSPS) is 10.8. The van der Waals surface area contributed by atoms with Crippen LogP contribution in [0.4, 0.5) is 17.3 Å². The first-order valence-electron chi connectivity index (χ1n) is 7.73. The van der Waals surface area contributed by atoms with Gasteiger partial charge in [-0.2, -0.15) is 0 Å². The van der Waals surface area contributed by atoms with Gasteiger partial charge in [0.15, 0.2) is 0 Å². The molecule has 4 aromatic rings. The molecule has 0 aliphatic heterocycles. The topological polar surface area (TPSA) is 93.1 Å². The smallest absolute Gasteiger partial charge is 0.224 e. The van der Waals surface area contributed by atoms with Crippen molar-refractivity contribution in [3.8, 4) is 11.3 Å². The number of aromatic nitrogens is 5. The van der Waals surface area contributed by atoms with Crippen LogP contribution < -0.4 is 5.32 Å². The van der Waals surface area contributed by atoms with Crippen LogP contribution in [0.1, 0.15) is 0 Å². The zero-order valence-electron chi connectivity index (χ0n) is 13.5. The van der Waals surface area contributed by atoms with Crippen molar-refractivity contribution in [1.29, 1.82) is 0 Å². The number of hydrogen-bond acceptors (Lipinski definition) is 7. The largest absolute Gasteiger partial charge is 0.395 e. The van der Waals surface area contributed by atoms with E-state index in [-0.39, 0.29) is 6.61 Å². The van der Waals surface area contributed by atoms with E-state index in [0.717, 1.165) is 28.0 Å². The quantitative estimate of drug-likeness (QED) is 0.529. The lowest BCUT2D eigenvalue weighted by molar-refractivity contribution is 0.278. The number of benzene rings is 1. The highest BCUT2D eigenvalue weighted by atomic mass is 32.1. The maximum absolute atomic E-state index is 9.29. The number of aliphatic hydroxyl groups excluding tert-OH is 1. The molecule has 0 saturated carbocycles. The Balaban J connectivity index is 1.80. The molecular weight excluding hydrogens is 350 g/mol. The highest BCUT2D eigenvalue weighted by molar-refractivity contribution is 7.07. The molecule has 9 heteroatoms. The minimum absolute atomic E-state index is 0.0242. The van der Waals surface area contributed by atoms with E-state index in [2.05, 4.69) is 30.1 Å². The maximum Gasteiger partial charge on any atom is 0.224 e. The highest BCUT2D eigenvalue weighted by Gasteiger charge is 2.13. The van der Waals surface area contributed by atoms with Crippen molar-refractivity contribution in [2.24, 2.45) is 0 Å². The van der Waals surface area contributed by atoms with Crippen molar-refractivity contribution in [3.05, 3.63) is 53.2 Å². The molecule has 0 aliphatic carbocycles. The zero-order chi connectivity index (χ0) is 17.9. The fourth-order valence-electron chi connectivity index (χ4n) is 2.63. The molecule has 0 spiro atoms. The standard InChI is InChI=1S/C17H13N7OS/c1-18-12-6-19-17(20-7-12)23-11-4-13(14-8-26-10-22-14)16-15(5-11)24(2-3-25)9-21-16/h4-10,25H,2-3H2,(H,19,20,23). The number of aliphatic hydroxyl groups is 1. The van der Waals surface area contributed by atoms with Gasteiger partial charge in [0, 0.05) is 35.6 Å². The molecule has 0 radical (unpaired) electrons. The Hall–Kier alpha value is -3.35. The minimum Gasteiger partial charge on any atom is -0.395 e. The average Bonchev–Trinajstić information content (AvgIpc) is 3.33. The molecule has 2 N–H and O–H groups in total. The monoisotopic (exact) mass is 363 g/mol. The van der Waals surface area contributed by atoms with Crippen LogP contribution >= 0.6 is 11.3 Å². The van der Waals surface area contributed by atoms with E-state index in [1.54, 1.807) is 11.8 Å². The lowest BCUT2D eigenvalue weighted by Crippen LogP contribution is -2.01. The Morgan fingerprint density at radius 2 is 2.04 bits per heavy atom. The molecule has 26 heavy (non-hydrogen) atoms. The van der Waals surface area contributed by atoms with Crippen LogP contribution in [-0.4, -0.2) is 36.2 Å². The third-order valence-corrected chi connectivity index (χ3v) is 4.38. The molecule has 1 aromatic carbocycles. The van der Waals surface area contributed by atoms with Crippen LogP contribution in [0.25, 0.3) is 27.1 Å². The lowest BCUT2D eigenvalue weighted by atomic mass is 10.1. The Labute approximate surface area is 152 Å². The van der Waals surface area contributed by atoms with E-state index in [9.17, 15) is 5.11 Å². The van der Waals surface area contributed by atoms with E-state index < -0.39 is 0 Å². The van der Waals surface area contributed by atoms with Gasteiger partial charge in [0.1, 0.15) is 0 Å². The zero-order valence-corrected chi connectivity index (χ0v) is 14.3. The van der Waals surface area contributed by atoms with Gasteiger partial charge in [0.2, 0.25) is 11.6 Å². The molecule has 4 rings (SSSR count). The second-order valence-electron chi connectivity index (χ2n) is 5.43. The van der Waals surface area contributed by atoms with E-state index in [0.29, 0.717) is 18.2 Å². The average molecular weight is 363 g/mol. The Kier molecular flexibility index (Phi) is 4.27. The summed E-state index contributed by atoms with van der Waals surface area (Å²) < 4.78 is 1.89. The summed E-state index contributed by atoms with van der Waals surface area (Å²) in [7, 11) is 0. The van der Waals surface area contributed by atoms with Crippen molar-refractivity contribution in [2.75, 3.05) is 11.9 Å². The van der Waals surface area contributed by atoms with Crippen molar-refractivity contribution in [1.82, 2.24) is 24.5 Å². The third kappa shape index (κ3) is 2.99. The fraction of sp³-hybridized carbons (Fsp3) is 0.118. The second kappa shape index (κ2) is 6.87. The van der Waals surface area contributed by atoms with Gasteiger partial charge in [-0.1, -0.05) is 0 Å². The van der Waals surface area contributed by atoms with Crippen molar-refractivity contribution in [3.63, 3.8) is 0 Å². The molecule has 8 nitrogen and oxygen atoms in total. The molecule has 0 saturated heterocycles. The third-order valence-electron chi connectivity index (χ3n) is 3.80. The van der Waals surface area contributed by atoms with Gasteiger partial charge in [-0.05, 0) is 12.1 Å². The van der Waals surface area contributed by atoms with Gasteiger partial charge < -0.3 is 15.0 Å². The van der Waals surface area contributed by atoms with Gasteiger partial charge in [0.25, 0.3) is 0 Å².